The molecule has 0 aromatic carbocycles. The van der Waals surface area contributed by atoms with E-state index in [-0.39, 0.29) is 29.3 Å². The first-order chi connectivity index (χ1) is 11.7. The van der Waals surface area contributed by atoms with Crippen LogP contribution in [0.25, 0.3) is 0 Å². The van der Waals surface area contributed by atoms with Gasteiger partial charge in [0.1, 0.15) is 6.10 Å². The third-order valence-corrected chi connectivity index (χ3v) is 6.07. The van der Waals surface area contributed by atoms with E-state index >= 15 is 0 Å². The number of hydrogen-bond acceptors (Lipinski definition) is 3. The van der Waals surface area contributed by atoms with Gasteiger partial charge in [0.05, 0.1) is 0 Å². The molecule has 4 atom stereocenters. The summed E-state index contributed by atoms with van der Waals surface area (Å²) in [5.41, 5.74) is 2.41. The van der Waals surface area contributed by atoms with E-state index in [1.54, 1.807) is 6.08 Å². The van der Waals surface area contributed by atoms with Crippen molar-refractivity contribution in [2.75, 3.05) is 0 Å². The van der Waals surface area contributed by atoms with E-state index in [0.717, 1.165) is 43.3 Å². The highest BCUT2D eigenvalue weighted by Crippen LogP contribution is 2.54. The van der Waals surface area contributed by atoms with Crippen LogP contribution < -0.4 is 0 Å². The predicted octanol–water partition coefficient (Wildman–Crippen LogP) is 4.67. The molecule has 0 saturated heterocycles. The van der Waals surface area contributed by atoms with Crippen molar-refractivity contribution in [2.24, 2.45) is 17.3 Å². The Hall–Kier alpha value is -1.84. The summed E-state index contributed by atoms with van der Waals surface area (Å²) < 4.78 is 5.67. The van der Waals surface area contributed by atoms with Gasteiger partial charge < -0.3 is 9.84 Å². The zero-order valence-electron chi connectivity index (χ0n) is 15.6. The van der Waals surface area contributed by atoms with Gasteiger partial charge in [0.2, 0.25) is 0 Å². The summed E-state index contributed by atoms with van der Waals surface area (Å²) >= 11 is 0. The van der Waals surface area contributed by atoms with Crippen LogP contribution in [0.5, 0.6) is 0 Å². The van der Waals surface area contributed by atoms with Gasteiger partial charge in [-0.25, -0.2) is 9.59 Å². The predicted molar refractivity (Wildman–Crippen MR) is 98.0 cm³/mol. The highest BCUT2D eigenvalue weighted by molar-refractivity contribution is 5.86. The molecule has 2 fully saturated rings. The van der Waals surface area contributed by atoms with Gasteiger partial charge in [-0.05, 0) is 56.3 Å². The lowest BCUT2D eigenvalue weighted by molar-refractivity contribution is -0.147. The summed E-state index contributed by atoms with van der Waals surface area (Å²) in [7, 11) is 0. The van der Waals surface area contributed by atoms with Crippen molar-refractivity contribution in [1.82, 2.24) is 0 Å². The first-order valence-electron chi connectivity index (χ1n) is 9.13. The van der Waals surface area contributed by atoms with E-state index in [0.29, 0.717) is 12.0 Å². The van der Waals surface area contributed by atoms with E-state index in [1.165, 1.54) is 0 Å². The van der Waals surface area contributed by atoms with Crippen molar-refractivity contribution >= 4 is 11.9 Å². The molecule has 0 spiro atoms. The maximum atomic E-state index is 12.1. The number of esters is 1. The fourth-order valence-corrected chi connectivity index (χ4v) is 4.37. The van der Waals surface area contributed by atoms with Gasteiger partial charge in [-0.2, -0.15) is 0 Å². The average Bonchev–Trinajstić information content (AvgIpc) is 2.53. The van der Waals surface area contributed by atoms with Gasteiger partial charge in [0.25, 0.3) is 0 Å². The second kappa shape index (κ2) is 7.59. The fourth-order valence-electron chi connectivity index (χ4n) is 4.37. The number of fused-ring (bicyclic) bond motifs is 1. The van der Waals surface area contributed by atoms with Crippen molar-refractivity contribution in [3.63, 3.8) is 0 Å². The summed E-state index contributed by atoms with van der Waals surface area (Å²) in [6.07, 6.45) is 6.26. The van der Waals surface area contributed by atoms with Gasteiger partial charge in [-0.3, -0.25) is 0 Å². The van der Waals surface area contributed by atoms with Gasteiger partial charge in [-0.1, -0.05) is 38.2 Å². The molecule has 4 unspecified atom stereocenters. The lowest BCUT2D eigenvalue weighted by Gasteiger charge is -2.50. The molecule has 0 amide bonds. The molecule has 4 nitrogen and oxygen atoms in total. The van der Waals surface area contributed by atoms with Crippen molar-refractivity contribution in [1.29, 1.82) is 0 Å². The molecule has 0 heterocycles. The Morgan fingerprint density at radius 1 is 1.44 bits per heavy atom. The zero-order chi connectivity index (χ0) is 18.8. The average molecular weight is 346 g/mol. The summed E-state index contributed by atoms with van der Waals surface area (Å²) in [6.45, 7) is 14.1. The molecule has 25 heavy (non-hydrogen) atoms. The molecular weight excluding hydrogens is 316 g/mol. The Morgan fingerprint density at radius 2 is 2.12 bits per heavy atom. The van der Waals surface area contributed by atoms with Crippen molar-refractivity contribution in [3.05, 3.63) is 36.0 Å². The van der Waals surface area contributed by atoms with Crippen LogP contribution in [0, 0.1) is 17.3 Å². The SMILES string of the molecule is C=C(C(=O)O)C1CCC2(C)CC(OC(=O)C=C(C)CC)CC(=C)C2C1. The lowest BCUT2D eigenvalue weighted by Crippen LogP contribution is -2.44. The van der Waals surface area contributed by atoms with Crippen molar-refractivity contribution in [3.8, 4) is 0 Å². The van der Waals surface area contributed by atoms with Crippen LogP contribution in [0.2, 0.25) is 0 Å². The molecule has 2 saturated carbocycles. The van der Waals surface area contributed by atoms with Gasteiger partial charge >= 0.3 is 11.9 Å². The van der Waals surface area contributed by atoms with Crippen molar-refractivity contribution < 1.29 is 19.4 Å². The Morgan fingerprint density at radius 3 is 2.72 bits per heavy atom. The number of allylic oxidation sites excluding steroid dienone is 1. The largest absolute Gasteiger partial charge is 0.478 e. The zero-order valence-corrected chi connectivity index (χ0v) is 15.6. The van der Waals surface area contributed by atoms with Crippen LogP contribution in [0.15, 0.2) is 36.0 Å². The minimum atomic E-state index is -0.903. The first kappa shape index (κ1) is 19.5. The van der Waals surface area contributed by atoms with E-state index in [4.69, 9.17) is 4.74 Å². The molecule has 0 radical (unpaired) electrons. The van der Waals surface area contributed by atoms with Crippen LogP contribution in [0.4, 0.5) is 0 Å². The summed E-state index contributed by atoms with van der Waals surface area (Å²) in [4.78, 5) is 23.3. The fraction of sp³-hybridized carbons (Fsp3) is 0.619. The van der Waals surface area contributed by atoms with Gasteiger partial charge in [0.15, 0.2) is 0 Å². The van der Waals surface area contributed by atoms with Gasteiger partial charge in [0, 0.05) is 18.1 Å². The summed E-state index contributed by atoms with van der Waals surface area (Å²) in [5, 5.41) is 9.21. The Labute approximate surface area is 150 Å². The summed E-state index contributed by atoms with van der Waals surface area (Å²) in [5.74, 6) is -0.890. The maximum absolute atomic E-state index is 12.1. The third kappa shape index (κ3) is 4.42. The number of rotatable bonds is 5. The first-order valence-corrected chi connectivity index (χ1v) is 9.13. The second-order valence-corrected chi connectivity index (χ2v) is 7.98. The minimum absolute atomic E-state index is 0.0130. The Balaban J connectivity index is 2.05. The lowest BCUT2D eigenvalue weighted by atomic mass is 9.55. The van der Waals surface area contributed by atoms with E-state index in [1.807, 2.05) is 13.8 Å². The number of aliphatic carboxylic acids is 1. The molecule has 1 N–H and O–H groups in total. The van der Waals surface area contributed by atoms with Gasteiger partial charge in [-0.15, -0.1) is 0 Å². The Kier molecular flexibility index (Phi) is 5.91. The monoisotopic (exact) mass is 346 g/mol. The molecule has 0 aromatic heterocycles. The number of carbonyl (C=O) groups excluding carboxylic acids is 1. The molecule has 2 aliphatic carbocycles. The molecule has 2 aliphatic rings. The van der Waals surface area contributed by atoms with Crippen molar-refractivity contribution in [2.45, 2.75) is 65.4 Å². The number of hydrogen-bond donors (Lipinski definition) is 1. The minimum Gasteiger partial charge on any atom is -0.478 e. The number of ether oxygens (including phenoxy) is 1. The third-order valence-electron chi connectivity index (χ3n) is 6.07. The quantitative estimate of drug-likeness (QED) is 0.446. The maximum Gasteiger partial charge on any atom is 0.331 e. The molecular formula is C21H30O4. The smallest absolute Gasteiger partial charge is 0.331 e. The normalized spacial score (nSPS) is 32.7. The molecule has 0 aliphatic heterocycles. The molecule has 138 valence electrons. The molecule has 0 bridgehead atoms. The number of carbonyl (C=O) groups is 2. The Bertz CT molecular complexity index is 615. The topological polar surface area (TPSA) is 63.6 Å². The molecule has 2 rings (SSSR count). The van der Waals surface area contributed by atoms with Crippen LogP contribution in [0.3, 0.4) is 0 Å². The van der Waals surface area contributed by atoms with E-state index in [2.05, 4.69) is 20.1 Å². The van der Waals surface area contributed by atoms with E-state index < -0.39 is 5.97 Å². The van der Waals surface area contributed by atoms with Crippen LogP contribution in [0.1, 0.15) is 59.3 Å². The number of carboxylic acid groups (broad SMARTS) is 1. The number of carboxylic acids is 1. The standard InChI is InChI=1S/C21H30O4/c1-6-13(2)9-19(22)25-17-10-14(3)18-11-16(15(4)20(23)24)7-8-21(18,5)12-17/h9,16-18H,3-4,6-8,10-12H2,1-2,5H3,(H,23,24). The second-order valence-electron chi connectivity index (χ2n) is 7.98. The van der Waals surface area contributed by atoms with E-state index in [9.17, 15) is 14.7 Å². The van der Waals surface area contributed by atoms with Crippen LogP contribution in [-0.4, -0.2) is 23.1 Å². The molecule has 4 heteroatoms. The highest BCUT2D eigenvalue weighted by Gasteiger charge is 2.47. The highest BCUT2D eigenvalue weighted by atomic mass is 16.5. The van der Waals surface area contributed by atoms with Crippen LogP contribution in [-0.2, 0) is 14.3 Å². The summed E-state index contributed by atoms with van der Waals surface area (Å²) in [6, 6.07) is 0. The molecule has 0 aromatic rings. The van der Waals surface area contributed by atoms with Crippen LogP contribution >= 0.6 is 0 Å².